The van der Waals surface area contributed by atoms with Crippen LogP contribution in [0.3, 0.4) is 0 Å². The van der Waals surface area contributed by atoms with Gasteiger partial charge >= 0.3 is 0 Å². The fourth-order valence-electron chi connectivity index (χ4n) is 2.46. The van der Waals surface area contributed by atoms with Crippen molar-refractivity contribution in [1.29, 1.82) is 0 Å². The molecule has 0 bridgehead atoms. The second kappa shape index (κ2) is 15.7. The van der Waals surface area contributed by atoms with Crippen LogP contribution in [0.1, 0.15) is 17.5 Å². The first kappa shape index (κ1) is 26.8. The monoisotopic (exact) mass is 450 g/mol. The molecule has 2 aromatic carbocycles. The lowest BCUT2D eigenvalue weighted by molar-refractivity contribution is 0.284. The van der Waals surface area contributed by atoms with Crippen LogP contribution in [0, 0.1) is 0 Å². The van der Waals surface area contributed by atoms with Gasteiger partial charge in [0, 0.05) is 18.1 Å². The summed E-state index contributed by atoms with van der Waals surface area (Å²) >= 11 is 5.90. The number of hydrogen-bond donors (Lipinski definition) is 3. The number of nitrogens with one attached hydrogen (secondary N) is 2. The van der Waals surface area contributed by atoms with Crippen molar-refractivity contribution in [1.82, 2.24) is 10.6 Å². The van der Waals surface area contributed by atoms with Gasteiger partial charge in [0.05, 0.1) is 13.7 Å². The molecule has 0 aliphatic heterocycles. The number of hydrogen-bond acceptors (Lipinski definition) is 5. The first-order valence-electron chi connectivity index (χ1n) is 8.79. The fourth-order valence-corrected chi connectivity index (χ4v) is 2.58. The van der Waals surface area contributed by atoms with Gasteiger partial charge in [0.1, 0.15) is 6.61 Å². The van der Waals surface area contributed by atoms with E-state index in [1.165, 1.54) is 0 Å². The van der Waals surface area contributed by atoms with Crippen molar-refractivity contribution in [3.8, 4) is 11.5 Å². The minimum atomic E-state index is 0. The highest BCUT2D eigenvalue weighted by Gasteiger charge is 2.06. The predicted octanol–water partition coefficient (Wildman–Crippen LogP) is 3.83. The Labute approximate surface area is 184 Å². The van der Waals surface area contributed by atoms with Gasteiger partial charge in [0.15, 0.2) is 11.5 Å². The summed E-state index contributed by atoms with van der Waals surface area (Å²) < 4.78 is 11.3. The van der Waals surface area contributed by atoms with Gasteiger partial charge in [-0.2, -0.15) is 0 Å². The number of benzene rings is 2. The average Bonchev–Trinajstić information content (AvgIpc) is 2.67. The van der Waals surface area contributed by atoms with Crippen molar-refractivity contribution in [3.63, 3.8) is 0 Å². The minimum absolute atomic E-state index is 0. The van der Waals surface area contributed by atoms with E-state index in [-0.39, 0.29) is 31.4 Å². The maximum atomic E-state index is 8.70. The molecule has 2 aromatic rings. The van der Waals surface area contributed by atoms with Crippen molar-refractivity contribution in [3.05, 3.63) is 58.6 Å². The van der Waals surface area contributed by atoms with Crippen LogP contribution < -0.4 is 20.1 Å². The van der Waals surface area contributed by atoms with Crippen LogP contribution in [0.25, 0.3) is 0 Å². The Kier molecular flexibility index (Phi) is 15.0. The van der Waals surface area contributed by atoms with E-state index in [4.69, 9.17) is 26.2 Å². The summed E-state index contributed by atoms with van der Waals surface area (Å²) in [5, 5.41) is 16.0. The maximum absolute atomic E-state index is 8.70. The molecule has 5 nitrogen and oxygen atoms in total. The summed E-state index contributed by atoms with van der Waals surface area (Å²) in [4.78, 5) is 0. The molecule has 0 unspecified atom stereocenters. The normalized spacial score (nSPS) is 9.96. The van der Waals surface area contributed by atoms with Crippen LogP contribution in [-0.2, 0) is 13.2 Å². The van der Waals surface area contributed by atoms with E-state index in [2.05, 4.69) is 10.6 Å². The molecule has 0 amide bonds. The molecule has 3 N–H and O–H groups in total. The Morgan fingerprint density at radius 3 is 2.25 bits per heavy atom. The number of methoxy groups -OCH3 is 1. The fraction of sp³-hybridized carbons (Fsp3) is 0.400. The summed E-state index contributed by atoms with van der Waals surface area (Å²) in [7, 11) is 1.65. The van der Waals surface area contributed by atoms with Crippen molar-refractivity contribution >= 4 is 36.4 Å². The predicted molar refractivity (Wildman–Crippen MR) is 120 cm³/mol. The van der Waals surface area contributed by atoms with Crippen LogP contribution in [0.2, 0.25) is 5.02 Å². The number of rotatable bonds is 12. The average molecular weight is 452 g/mol. The zero-order chi connectivity index (χ0) is 18.6. The molecule has 0 radical (unpaired) electrons. The first-order chi connectivity index (χ1) is 12.7. The van der Waals surface area contributed by atoms with E-state index in [1.54, 1.807) is 7.11 Å². The Bertz CT molecular complexity index is 658. The first-order valence-corrected chi connectivity index (χ1v) is 9.17. The highest BCUT2D eigenvalue weighted by Crippen LogP contribution is 2.29. The van der Waals surface area contributed by atoms with Crippen LogP contribution in [0.15, 0.2) is 42.5 Å². The molecular formula is C20H29Cl3N2O3. The summed E-state index contributed by atoms with van der Waals surface area (Å²) in [6.45, 7) is 3.87. The number of ether oxygens (including phenoxy) is 2. The van der Waals surface area contributed by atoms with E-state index < -0.39 is 0 Å². The topological polar surface area (TPSA) is 62.8 Å². The van der Waals surface area contributed by atoms with Gasteiger partial charge in [-0.3, -0.25) is 0 Å². The third-order valence-corrected chi connectivity index (χ3v) is 4.11. The smallest absolute Gasteiger partial charge is 0.161 e. The van der Waals surface area contributed by atoms with Gasteiger partial charge in [-0.05, 0) is 54.9 Å². The molecule has 0 fully saturated rings. The van der Waals surface area contributed by atoms with E-state index in [0.717, 1.165) is 48.7 Å². The van der Waals surface area contributed by atoms with Gasteiger partial charge in [0.25, 0.3) is 0 Å². The molecule has 0 spiro atoms. The summed E-state index contributed by atoms with van der Waals surface area (Å²) in [5.74, 6) is 1.45. The van der Waals surface area contributed by atoms with Crippen LogP contribution >= 0.6 is 36.4 Å². The van der Waals surface area contributed by atoms with Crippen LogP contribution in [-0.4, -0.2) is 38.5 Å². The third-order valence-electron chi connectivity index (χ3n) is 3.86. The summed E-state index contributed by atoms with van der Waals surface area (Å²) in [6, 6.07) is 13.6. The molecule has 0 saturated carbocycles. The molecule has 0 atom stereocenters. The zero-order valence-electron chi connectivity index (χ0n) is 15.9. The molecule has 0 aromatic heterocycles. The lowest BCUT2D eigenvalue weighted by Crippen LogP contribution is -2.23. The number of aliphatic hydroxyl groups is 1. The van der Waals surface area contributed by atoms with Gasteiger partial charge in [0.2, 0.25) is 0 Å². The Morgan fingerprint density at radius 1 is 0.893 bits per heavy atom. The van der Waals surface area contributed by atoms with E-state index in [0.29, 0.717) is 18.2 Å². The van der Waals surface area contributed by atoms with Gasteiger partial charge in [-0.1, -0.05) is 29.8 Å². The molecule has 0 aliphatic rings. The number of halogens is 3. The Morgan fingerprint density at radius 2 is 1.57 bits per heavy atom. The molecular weight excluding hydrogens is 423 g/mol. The number of aliphatic hydroxyl groups excluding tert-OH is 1. The SMILES string of the molecule is COc1cc(CNCCCNCCO)ccc1OCc1ccc(Cl)cc1.Cl.Cl. The second-order valence-corrected chi connectivity index (χ2v) is 6.34. The zero-order valence-corrected chi connectivity index (χ0v) is 18.3. The molecule has 0 aliphatic carbocycles. The highest BCUT2D eigenvalue weighted by molar-refractivity contribution is 6.30. The molecule has 8 heteroatoms. The minimum Gasteiger partial charge on any atom is -0.493 e. The second-order valence-electron chi connectivity index (χ2n) is 5.90. The van der Waals surface area contributed by atoms with Crippen molar-refractivity contribution in [2.24, 2.45) is 0 Å². The highest BCUT2D eigenvalue weighted by atomic mass is 35.5. The maximum Gasteiger partial charge on any atom is 0.161 e. The lowest BCUT2D eigenvalue weighted by atomic mass is 10.2. The van der Waals surface area contributed by atoms with Crippen LogP contribution in [0.5, 0.6) is 11.5 Å². The molecule has 28 heavy (non-hydrogen) atoms. The van der Waals surface area contributed by atoms with E-state index in [1.807, 2.05) is 42.5 Å². The van der Waals surface area contributed by atoms with Gasteiger partial charge in [-0.15, -0.1) is 24.8 Å². The Balaban J connectivity index is 0.00000364. The standard InChI is InChI=1S/C20H27ClN2O3.2ClH/c1-25-20-13-17(14-23-10-2-9-22-11-12-24)5-8-19(20)26-15-16-3-6-18(21)7-4-16;;/h3-8,13,22-24H,2,9-12,14-15H2,1H3;2*1H. The molecule has 0 heterocycles. The van der Waals surface area contributed by atoms with Crippen molar-refractivity contribution in [2.45, 2.75) is 19.6 Å². The Hall–Kier alpha value is -1.21. The quantitative estimate of drug-likeness (QED) is 0.428. The molecule has 158 valence electrons. The van der Waals surface area contributed by atoms with Gasteiger partial charge in [-0.25, -0.2) is 0 Å². The van der Waals surface area contributed by atoms with Crippen LogP contribution in [0.4, 0.5) is 0 Å². The molecule has 0 saturated heterocycles. The van der Waals surface area contributed by atoms with Gasteiger partial charge < -0.3 is 25.2 Å². The van der Waals surface area contributed by atoms with Crippen molar-refractivity contribution < 1.29 is 14.6 Å². The van der Waals surface area contributed by atoms with Crippen molar-refractivity contribution in [2.75, 3.05) is 33.4 Å². The van der Waals surface area contributed by atoms with E-state index in [9.17, 15) is 0 Å². The summed E-state index contributed by atoms with van der Waals surface area (Å²) in [5.41, 5.74) is 2.20. The lowest BCUT2D eigenvalue weighted by Gasteiger charge is -2.13. The third kappa shape index (κ3) is 9.82. The largest absolute Gasteiger partial charge is 0.493 e. The molecule has 2 rings (SSSR count). The van der Waals surface area contributed by atoms with E-state index >= 15 is 0 Å². The summed E-state index contributed by atoms with van der Waals surface area (Å²) in [6.07, 6.45) is 1.01.